The van der Waals surface area contributed by atoms with E-state index in [9.17, 15) is 18.0 Å². The number of carbonyl (C=O) groups is 1. The van der Waals surface area contributed by atoms with Crippen LogP contribution in [0.5, 0.6) is 0 Å². The predicted molar refractivity (Wildman–Crippen MR) is 121 cm³/mol. The molecule has 0 spiro atoms. The summed E-state index contributed by atoms with van der Waals surface area (Å²) >= 11 is 6.25. The van der Waals surface area contributed by atoms with E-state index in [4.69, 9.17) is 11.6 Å². The summed E-state index contributed by atoms with van der Waals surface area (Å²) in [6, 6.07) is 15.6. The number of amides is 1. The number of rotatable bonds is 2. The first-order valence-electron chi connectivity index (χ1n) is 10.3. The Morgan fingerprint density at radius 3 is 2.42 bits per heavy atom. The van der Waals surface area contributed by atoms with Gasteiger partial charge in [-0.05, 0) is 54.5 Å². The van der Waals surface area contributed by atoms with Gasteiger partial charge in [0, 0.05) is 49.2 Å². The molecule has 1 aromatic heterocycles. The van der Waals surface area contributed by atoms with Gasteiger partial charge in [-0.25, -0.2) is 4.98 Å². The van der Waals surface area contributed by atoms with Crippen molar-refractivity contribution in [3.05, 3.63) is 94.3 Å². The van der Waals surface area contributed by atoms with Gasteiger partial charge in [-0.3, -0.25) is 4.79 Å². The molecule has 8 heteroatoms. The number of benzene rings is 2. The number of anilines is 1. The Balaban J connectivity index is 1.45. The van der Waals surface area contributed by atoms with Gasteiger partial charge in [0.15, 0.2) is 0 Å². The highest BCUT2D eigenvalue weighted by molar-refractivity contribution is 6.31. The molecule has 33 heavy (non-hydrogen) atoms. The van der Waals surface area contributed by atoms with Crippen LogP contribution in [0.4, 0.5) is 18.9 Å². The SMILES string of the molecule is O=C(c1ccc(Cl)c(C#Cc2ccccn2)c1)N1CCN(c2cccc(C(F)(F)F)c2)CC1. The van der Waals surface area contributed by atoms with E-state index < -0.39 is 11.7 Å². The minimum absolute atomic E-state index is 0.170. The molecule has 0 radical (unpaired) electrons. The lowest BCUT2D eigenvalue weighted by Crippen LogP contribution is -2.48. The molecule has 0 N–H and O–H groups in total. The number of pyridine rings is 1. The van der Waals surface area contributed by atoms with E-state index in [-0.39, 0.29) is 5.91 Å². The Hall–Kier alpha value is -3.50. The van der Waals surface area contributed by atoms with E-state index >= 15 is 0 Å². The number of carbonyl (C=O) groups excluding carboxylic acids is 1. The molecule has 2 heterocycles. The van der Waals surface area contributed by atoms with E-state index in [1.165, 1.54) is 6.07 Å². The molecule has 168 valence electrons. The maximum atomic E-state index is 13.0. The van der Waals surface area contributed by atoms with E-state index in [0.29, 0.717) is 53.7 Å². The first-order valence-corrected chi connectivity index (χ1v) is 10.6. The van der Waals surface area contributed by atoms with Crippen molar-refractivity contribution in [3.63, 3.8) is 0 Å². The van der Waals surface area contributed by atoms with Crippen molar-refractivity contribution in [2.75, 3.05) is 31.1 Å². The third-order valence-corrected chi connectivity index (χ3v) is 5.64. The van der Waals surface area contributed by atoms with E-state index in [1.54, 1.807) is 47.5 Å². The highest BCUT2D eigenvalue weighted by Gasteiger charge is 2.31. The number of alkyl halides is 3. The molecule has 0 unspecified atom stereocenters. The van der Waals surface area contributed by atoms with Crippen LogP contribution in [0.15, 0.2) is 66.9 Å². The Bertz CT molecular complexity index is 1210. The zero-order valence-electron chi connectivity index (χ0n) is 17.4. The van der Waals surface area contributed by atoms with Gasteiger partial charge >= 0.3 is 6.18 Å². The standard InChI is InChI=1S/C25H19ClF3N3O/c26-23-10-8-19(16-18(23)7-9-21-5-1-2-11-30-21)24(33)32-14-12-31(13-15-32)22-6-3-4-20(17-22)25(27,28)29/h1-6,8,10-11,16-17H,12-15H2. The molecule has 0 atom stereocenters. The Kier molecular flexibility index (Phi) is 6.57. The van der Waals surface area contributed by atoms with Crippen molar-refractivity contribution < 1.29 is 18.0 Å². The van der Waals surface area contributed by atoms with Crippen LogP contribution in [-0.2, 0) is 6.18 Å². The average molecular weight is 470 g/mol. The van der Waals surface area contributed by atoms with Crippen molar-refractivity contribution in [1.29, 1.82) is 0 Å². The highest BCUT2D eigenvalue weighted by Crippen LogP contribution is 2.32. The third-order valence-electron chi connectivity index (χ3n) is 5.31. The first-order chi connectivity index (χ1) is 15.8. The second-order valence-corrected chi connectivity index (χ2v) is 7.89. The summed E-state index contributed by atoms with van der Waals surface area (Å²) in [4.78, 5) is 20.7. The largest absolute Gasteiger partial charge is 0.416 e. The molecular formula is C25H19ClF3N3O. The van der Waals surface area contributed by atoms with Crippen molar-refractivity contribution in [2.24, 2.45) is 0 Å². The molecule has 2 aromatic carbocycles. The van der Waals surface area contributed by atoms with Gasteiger partial charge in [-0.2, -0.15) is 13.2 Å². The normalized spacial score (nSPS) is 13.9. The summed E-state index contributed by atoms with van der Waals surface area (Å²) in [6.07, 6.45) is -2.75. The quantitative estimate of drug-likeness (QED) is 0.489. The Morgan fingerprint density at radius 1 is 0.939 bits per heavy atom. The highest BCUT2D eigenvalue weighted by atomic mass is 35.5. The van der Waals surface area contributed by atoms with Crippen LogP contribution >= 0.6 is 11.6 Å². The zero-order chi connectivity index (χ0) is 23.4. The van der Waals surface area contributed by atoms with Crippen molar-refractivity contribution in [2.45, 2.75) is 6.18 Å². The molecule has 0 bridgehead atoms. The number of hydrogen-bond acceptors (Lipinski definition) is 3. The van der Waals surface area contributed by atoms with Gasteiger partial charge in [-0.15, -0.1) is 0 Å². The third kappa shape index (κ3) is 5.47. The number of piperazine rings is 1. The Labute approximate surface area is 194 Å². The summed E-state index contributed by atoms with van der Waals surface area (Å²) in [5.74, 6) is 5.72. The molecule has 0 saturated carbocycles. The predicted octanol–water partition coefficient (Wildman–Crippen LogP) is 5.12. The second-order valence-electron chi connectivity index (χ2n) is 7.49. The summed E-state index contributed by atoms with van der Waals surface area (Å²) in [5, 5.41) is 0.435. The number of aromatic nitrogens is 1. The molecule has 1 aliphatic rings. The van der Waals surface area contributed by atoms with Gasteiger partial charge in [0.2, 0.25) is 0 Å². The molecule has 1 aliphatic heterocycles. The lowest BCUT2D eigenvalue weighted by Gasteiger charge is -2.36. The van der Waals surface area contributed by atoms with Crippen molar-refractivity contribution in [3.8, 4) is 11.8 Å². The lowest BCUT2D eigenvalue weighted by molar-refractivity contribution is -0.137. The second kappa shape index (κ2) is 9.55. The van der Waals surface area contributed by atoms with Crippen molar-refractivity contribution in [1.82, 2.24) is 9.88 Å². The molecular weight excluding hydrogens is 451 g/mol. The van der Waals surface area contributed by atoms with Crippen LogP contribution in [0.1, 0.15) is 27.2 Å². The van der Waals surface area contributed by atoms with Gasteiger partial charge < -0.3 is 9.80 Å². The number of nitrogens with zero attached hydrogens (tertiary/aromatic N) is 3. The molecule has 1 amide bonds. The van der Waals surface area contributed by atoms with Crippen LogP contribution in [0.2, 0.25) is 5.02 Å². The summed E-state index contributed by atoms with van der Waals surface area (Å²) < 4.78 is 39.0. The Morgan fingerprint density at radius 2 is 1.73 bits per heavy atom. The van der Waals surface area contributed by atoms with Crippen LogP contribution in [0.25, 0.3) is 0 Å². The summed E-state index contributed by atoms with van der Waals surface area (Å²) in [7, 11) is 0. The van der Waals surface area contributed by atoms with Gasteiger partial charge in [0.1, 0.15) is 5.69 Å². The lowest BCUT2D eigenvalue weighted by atomic mass is 10.1. The fraction of sp³-hybridized carbons (Fsp3) is 0.200. The molecule has 1 saturated heterocycles. The van der Waals surface area contributed by atoms with Crippen LogP contribution in [0, 0.1) is 11.8 Å². The average Bonchev–Trinajstić information content (AvgIpc) is 2.83. The van der Waals surface area contributed by atoms with Crippen LogP contribution < -0.4 is 4.90 Å². The minimum Gasteiger partial charge on any atom is -0.368 e. The topological polar surface area (TPSA) is 36.4 Å². The van der Waals surface area contributed by atoms with Crippen molar-refractivity contribution >= 4 is 23.2 Å². The molecule has 1 fully saturated rings. The molecule has 4 nitrogen and oxygen atoms in total. The zero-order valence-corrected chi connectivity index (χ0v) is 18.2. The van der Waals surface area contributed by atoms with E-state index in [2.05, 4.69) is 16.8 Å². The smallest absolute Gasteiger partial charge is 0.368 e. The van der Waals surface area contributed by atoms with Crippen LogP contribution in [-0.4, -0.2) is 42.0 Å². The van der Waals surface area contributed by atoms with Gasteiger partial charge in [0.25, 0.3) is 5.91 Å². The van der Waals surface area contributed by atoms with Gasteiger partial charge in [-0.1, -0.05) is 29.7 Å². The molecule has 4 rings (SSSR count). The summed E-state index contributed by atoms with van der Waals surface area (Å²) in [5.41, 5.74) is 1.39. The molecule has 0 aliphatic carbocycles. The molecule has 3 aromatic rings. The summed E-state index contributed by atoms with van der Waals surface area (Å²) in [6.45, 7) is 1.67. The van der Waals surface area contributed by atoms with Gasteiger partial charge in [0.05, 0.1) is 10.6 Å². The van der Waals surface area contributed by atoms with E-state index in [1.807, 2.05) is 11.0 Å². The first kappa shape index (κ1) is 22.7. The van der Waals surface area contributed by atoms with Crippen LogP contribution in [0.3, 0.4) is 0 Å². The maximum Gasteiger partial charge on any atom is 0.416 e. The minimum atomic E-state index is -4.39. The fourth-order valence-electron chi connectivity index (χ4n) is 3.55. The number of halogens is 4. The number of hydrogen-bond donors (Lipinski definition) is 0. The maximum absolute atomic E-state index is 13.0. The fourth-order valence-corrected chi connectivity index (χ4v) is 3.72. The van der Waals surface area contributed by atoms with E-state index in [0.717, 1.165) is 12.1 Å². The monoisotopic (exact) mass is 469 g/mol.